The molecular weight excluding hydrogens is 314 g/mol. The number of halogens is 2. The van der Waals surface area contributed by atoms with Crippen LogP contribution in [-0.4, -0.2) is 4.98 Å². The largest absolute Gasteiger partial charge is 0.271 e. The van der Waals surface area contributed by atoms with E-state index in [4.69, 9.17) is 17.4 Å². The van der Waals surface area contributed by atoms with Gasteiger partial charge >= 0.3 is 0 Å². The van der Waals surface area contributed by atoms with E-state index in [2.05, 4.69) is 26.3 Å². The number of rotatable bonds is 4. The van der Waals surface area contributed by atoms with Crippen LogP contribution in [0, 0.1) is 0 Å². The van der Waals surface area contributed by atoms with Crippen LogP contribution in [0.4, 0.5) is 0 Å². The highest BCUT2D eigenvalue weighted by Crippen LogP contribution is 2.19. The first-order chi connectivity index (χ1) is 8.69. The van der Waals surface area contributed by atoms with E-state index in [1.807, 2.05) is 36.4 Å². The number of nitrogens with one attached hydrogen (secondary N) is 1. The van der Waals surface area contributed by atoms with Crippen LogP contribution in [0.2, 0.25) is 5.02 Å². The molecule has 0 bridgehead atoms. The zero-order chi connectivity index (χ0) is 13.0. The van der Waals surface area contributed by atoms with E-state index in [-0.39, 0.29) is 6.04 Å². The Morgan fingerprint density at radius 1 is 1.22 bits per heavy atom. The van der Waals surface area contributed by atoms with Crippen molar-refractivity contribution < 1.29 is 0 Å². The molecule has 0 aliphatic heterocycles. The Kier molecular flexibility index (Phi) is 4.72. The minimum absolute atomic E-state index is 0.0146. The Morgan fingerprint density at radius 2 is 1.94 bits per heavy atom. The van der Waals surface area contributed by atoms with Gasteiger partial charge in [0, 0.05) is 15.7 Å². The normalized spacial score (nSPS) is 12.4. The number of pyridine rings is 1. The van der Waals surface area contributed by atoms with Crippen molar-refractivity contribution in [2.45, 2.75) is 12.5 Å². The Bertz CT molecular complexity index is 499. The zero-order valence-electron chi connectivity index (χ0n) is 9.61. The van der Waals surface area contributed by atoms with Crippen molar-refractivity contribution in [3.8, 4) is 0 Å². The molecule has 2 aromatic rings. The summed E-state index contributed by atoms with van der Waals surface area (Å²) in [5, 5.41) is 0.734. The highest BCUT2D eigenvalue weighted by atomic mass is 79.9. The number of benzene rings is 1. The van der Waals surface area contributed by atoms with Gasteiger partial charge in [0.1, 0.15) is 0 Å². The highest BCUT2D eigenvalue weighted by Gasteiger charge is 2.11. The fraction of sp³-hybridized carbons (Fsp3) is 0.154. The maximum atomic E-state index is 5.86. The lowest BCUT2D eigenvalue weighted by molar-refractivity contribution is 0.538. The fourth-order valence-corrected chi connectivity index (χ4v) is 2.06. The number of nitrogens with two attached hydrogens (primary N) is 1. The SMILES string of the molecule is NNC(Cc1ccc(Cl)cc1)c1ccc(Br)cn1. The fourth-order valence-electron chi connectivity index (χ4n) is 1.70. The van der Waals surface area contributed by atoms with Crippen LogP contribution in [0.1, 0.15) is 17.3 Å². The number of hydrogen-bond donors (Lipinski definition) is 2. The third kappa shape index (κ3) is 3.53. The summed E-state index contributed by atoms with van der Waals surface area (Å²) in [7, 11) is 0. The predicted molar refractivity (Wildman–Crippen MR) is 77.2 cm³/mol. The summed E-state index contributed by atoms with van der Waals surface area (Å²) in [5.74, 6) is 5.59. The van der Waals surface area contributed by atoms with Crippen molar-refractivity contribution in [2.24, 2.45) is 5.84 Å². The van der Waals surface area contributed by atoms with Crippen molar-refractivity contribution in [3.05, 3.63) is 63.3 Å². The van der Waals surface area contributed by atoms with Gasteiger partial charge in [-0.2, -0.15) is 0 Å². The molecule has 0 saturated carbocycles. The third-order valence-corrected chi connectivity index (χ3v) is 3.38. The summed E-state index contributed by atoms with van der Waals surface area (Å²) >= 11 is 9.22. The summed E-state index contributed by atoms with van der Waals surface area (Å²) in [5.41, 5.74) is 4.86. The molecule has 0 aliphatic rings. The van der Waals surface area contributed by atoms with E-state index in [9.17, 15) is 0 Å². The van der Waals surface area contributed by atoms with Crippen LogP contribution in [0.3, 0.4) is 0 Å². The van der Waals surface area contributed by atoms with Gasteiger partial charge in [0.2, 0.25) is 0 Å². The van der Waals surface area contributed by atoms with Gasteiger partial charge < -0.3 is 0 Å². The van der Waals surface area contributed by atoms with Gasteiger partial charge in [-0.3, -0.25) is 16.3 Å². The first-order valence-corrected chi connectivity index (χ1v) is 6.68. The molecular formula is C13H13BrClN3. The average Bonchev–Trinajstić information content (AvgIpc) is 2.39. The van der Waals surface area contributed by atoms with Gasteiger partial charge in [-0.05, 0) is 52.2 Å². The lowest BCUT2D eigenvalue weighted by Crippen LogP contribution is -2.30. The summed E-state index contributed by atoms with van der Waals surface area (Å²) in [4.78, 5) is 4.35. The third-order valence-electron chi connectivity index (χ3n) is 2.66. The van der Waals surface area contributed by atoms with E-state index in [1.54, 1.807) is 6.20 Å². The Hall–Kier alpha value is -0.940. The molecule has 3 N–H and O–H groups in total. The summed E-state index contributed by atoms with van der Waals surface area (Å²) in [6, 6.07) is 11.6. The molecule has 1 aromatic heterocycles. The highest BCUT2D eigenvalue weighted by molar-refractivity contribution is 9.10. The van der Waals surface area contributed by atoms with Crippen LogP contribution < -0.4 is 11.3 Å². The summed E-state index contributed by atoms with van der Waals surface area (Å²) < 4.78 is 0.952. The molecule has 94 valence electrons. The maximum absolute atomic E-state index is 5.86. The standard InChI is InChI=1S/C13H13BrClN3/c14-10-3-6-12(17-8-10)13(18-16)7-9-1-4-11(15)5-2-9/h1-6,8,13,18H,7,16H2. The van der Waals surface area contributed by atoms with Crippen molar-refractivity contribution in [1.82, 2.24) is 10.4 Å². The van der Waals surface area contributed by atoms with Gasteiger partial charge in [0.25, 0.3) is 0 Å². The molecule has 18 heavy (non-hydrogen) atoms. The van der Waals surface area contributed by atoms with Gasteiger partial charge in [-0.1, -0.05) is 23.7 Å². The molecule has 0 fully saturated rings. The van der Waals surface area contributed by atoms with E-state index in [1.165, 1.54) is 0 Å². The smallest absolute Gasteiger partial charge is 0.0672 e. The van der Waals surface area contributed by atoms with Crippen LogP contribution in [-0.2, 0) is 6.42 Å². The molecule has 2 rings (SSSR count). The lowest BCUT2D eigenvalue weighted by Gasteiger charge is -2.15. The predicted octanol–water partition coefficient (Wildman–Crippen LogP) is 3.24. The first kappa shape index (κ1) is 13.5. The molecule has 3 nitrogen and oxygen atoms in total. The molecule has 0 amide bonds. The molecule has 0 radical (unpaired) electrons. The zero-order valence-corrected chi connectivity index (χ0v) is 11.9. The Labute approximate surface area is 119 Å². The first-order valence-electron chi connectivity index (χ1n) is 5.51. The van der Waals surface area contributed by atoms with E-state index in [0.29, 0.717) is 0 Å². The van der Waals surface area contributed by atoms with E-state index in [0.717, 1.165) is 27.2 Å². The maximum Gasteiger partial charge on any atom is 0.0672 e. The van der Waals surface area contributed by atoms with Crippen LogP contribution >= 0.6 is 27.5 Å². The minimum Gasteiger partial charge on any atom is -0.271 e. The van der Waals surface area contributed by atoms with Crippen LogP contribution in [0.15, 0.2) is 47.1 Å². The lowest BCUT2D eigenvalue weighted by atomic mass is 10.0. The minimum atomic E-state index is -0.0146. The molecule has 1 aromatic carbocycles. The molecule has 0 aliphatic carbocycles. The Morgan fingerprint density at radius 3 is 2.50 bits per heavy atom. The van der Waals surface area contributed by atoms with Gasteiger partial charge in [0.05, 0.1) is 11.7 Å². The Balaban J connectivity index is 2.14. The van der Waals surface area contributed by atoms with Crippen molar-refractivity contribution in [2.75, 3.05) is 0 Å². The molecule has 1 heterocycles. The second-order valence-electron chi connectivity index (χ2n) is 3.95. The topological polar surface area (TPSA) is 50.9 Å². The van der Waals surface area contributed by atoms with Crippen LogP contribution in [0.5, 0.6) is 0 Å². The molecule has 0 spiro atoms. The van der Waals surface area contributed by atoms with Gasteiger partial charge in [-0.25, -0.2) is 0 Å². The second-order valence-corrected chi connectivity index (χ2v) is 5.30. The molecule has 5 heteroatoms. The molecule has 1 atom stereocenters. The van der Waals surface area contributed by atoms with E-state index < -0.39 is 0 Å². The van der Waals surface area contributed by atoms with E-state index >= 15 is 0 Å². The van der Waals surface area contributed by atoms with Crippen molar-refractivity contribution >= 4 is 27.5 Å². The number of hydrogen-bond acceptors (Lipinski definition) is 3. The molecule has 0 saturated heterocycles. The van der Waals surface area contributed by atoms with Crippen molar-refractivity contribution in [3.63, 3.8) is 0 Å². The van der Waals surface area contributed by atoms with Gasteiger partial charge in [0.15, 0.2) is 0 Å². The second kappa shape index (κ2) is 6.29. The number of aromatic nitrogens is 1. The van der Waals surface area contributed by atoms with Crippen LogP contribution in [0.25, 0.3) is 0 Å². The molecule has 1 unspecified atom stereocenters. The average molecular weight is 327 g/mol. The summed E-state index contributed by atoms with van der Waals surface area (Å²) in [6.45, 7) is 0. The van der Waals surface area contributed by atoms with Gasteiger partial charge in [-0.15, -0.1) is 0 Å². The quantitative estimate of drug-likeness (QED) is 0.670. The monoisotopic (exact) mass is 325 g/mol. The number of nitrogens with zero attached hydrogens (tertiary/aromatic N) is 1. The number of hydrazine groups is 1. The summed E-state index contributed by atoms with van der Waals surface area (Å²) in [6.07, 6.45) is 2.53. The van der Waals surface area contributed by atoms with Crippen molar-refractivity contribution in [1.29, 1.82) is 0 Å².